The lowest BCUT2D eigenvalue weighted by Crippen LogP contribution is -2.44. The molecule has 0 bridgehead atoms. The molecule has 3 aliphatic rings. The molecule has 164 valence electrons. The average molecular weight is 407 g/mol. The number of likely N-dealkylation sites (tertiary alicyclic amines) is 1. The molecular weight excluding hydrogens is 369 g/mol. The zero-order valence-electron chi connectivity index (χ0n) is 19.5. The summed E-state index contributed by atoms with van der Waals surface area (Å²) in [5, 5.41) is 0. The molecule has 0 radical (unpaired) electrons. The third-order valence-corrected chi connectivity index (χ3v) is 7.37. The van der Waals surface area contributed by atoms with Crippen molar-refractivity contribution in [2.75, 3.05) is 13.1 Å². The van der Waals surface area contributed by atoms with Gasteiger partial charge in [0, 0.05) is 30.2 Å². The third-order valence-electron chi connectivity index (χ3n) is 7.37. The van der Waals surface area contributed by atoms with Gasteiger partial charge in [-0.05, 0) is 74.1 Å². The van der Waals surface area contributed by atoms with Gasteiger partial charge in [0.2, 0.25) is 0 Å². The molecule has 1 saturated carbocycles. The lowest BCUT2D eigenvalue weighted by Gasteiger charge is -2.34. The van der Waals surface area contributed by atoms with Crippen LogP contribution >= 0.6 is 0 Å². The number of Topliss-reactive ketones (excluding diaryl/α,β-unsaturated/α-hetero) is 1. The van der Waals surface area contributed by atoms with E-state index in [0.29, 0.717) is 31.7 Å². The first-order valence-corrected chi connectivity index (χ1v) is 11.1. The fraction of sp³-hybridized carbons (Fsp3) is 0.909. The van der Waals surface area contributed by atoms with E-state index in [2.05, 4.69) is 34.6 Å². The van der Waals surface area contributed by atoms with Gasteiger partial charge in [-0.25, -0.2) is 4.79 Å². The van der Waals surface area contributed by atoms with Crippen LogP contribution in [0.15, 0.2) is 0 Å². The summed E-state index contributed by atoms with van der Waals surface area (Å²) < 4.78 is 17.9. The Labute approximate surface area is 176 Å². The minimum atomic E-state index is -0.500. The maximum atomic E-state index is 13.5. The maximum Gasteiger partial charge on any atom is 0.462 e. The van der Waals surface area contributed by atoms with Gasteiger partial charge >= 0.3 is 13.2 Å². The van der Waals surface area contributed by atoms with E-state index in [1.807, 2.05) is 20.8 Å². The predicted octanol–water partition coefficient (Wildman–Crippen LogP) is 4.47. The van der Waals surface area contributed by atoms with Crippen molar-refractivity contribution < 1.29 is 23.6 Å². The summed E-state index contributed by atoms with van der Waals surface area (Å²) in [6.07, 6.45) is 2.78. The second kappa shape index (κ2) is 7.26. The molecule has 29 heavy (non-hydrogen) atoms. The van der Waals surface area contributed by atoms with Gasteiger partial charge in [-0.3, -0.25) is 4.79 Å². The SMILES string of the molecule is CC[C@]1(C(=O)C2CCN(C(=O)OC(C)(C)C)CC2)C[C@H]1B1OC(C)(C)C(C)(C)O1. The molecule has 7 heteroatoms. The number of carbonyl (C=O) groups is 2. The normalized spacial score (nSPS) is 31.7. The summed E-state index contributed by atoms with van der Waals surface area (Å²) >= 11 is 0. The monoisotopic (exact) mass is 407 g/mol. The highest BCUT2D eigenvalue weighted by atomic mass is 16.7. The lowest BCUT2D eigenvalue weighted by molar-refractivity contribution is -0.129. The van der Waals surface area contributed by atoms with E-state index in [4.69, 9.17) is 14.0 Å². The number of nitrogens with zero attached hydrogens (tertiary/aromatic N) is 1. The zero-order valence-corrected chi connectivity index (χ0v) is 19.5. The van der Waals surface area contributed by atoms with Crippen molar-refractivity contribution in [2.45, 2.75) is 104 Å². The lowest BCUT2D eigenvalue weighted by atomic mass is 9.71. The first-order chi connectivity index (χ1) is 13.2. The van der Waals surface area contributed by atoms with Crippen LogP contribution in [0.25, 0.3) is 0 Å². The molecule has 2 saturated heterocycles. The van der Waals surface area contributed by atoms with Gasteiger partial charge in [0.25, 0.3) is 0 Å². The van der Waals surface area contributed by atoms with Crippen LogP contribution in [-0.4, -0.2) is 53.8 Å². The molecule has 0 aromatic heterocycles. The van der Waals surface area contributed by atoms with E-state index in [-0.39, 0.29) is 41.6 Å². The van der Waals surface area contributed by atoms with Crippen LogP contribution in [0.5, 0.6) is 0 Å². The van der Waals surface area contributed by atoms with Crippen LogP contribution in [-0.2, 0) is 18.8 Å². The molecule has 0 spiro atoms. The summed E-state index contributed by atoms with van der Waals surface area (Å²) in [4.78, 5) is 27.5. The summed E-state index contributed by atoms with van der Waals surface area (Å²) in [5.41, 5.74) is -1.58. The standard InChI is InChI=1S/C22H38BNO5/c1-9-22(14-16(22)23-28-20(5,6)21(7,8)29-23)17(25)15-10-12-24(13-11-15)18(26)27-19(2,3)4/h15-16H,9-14H2,1-8H3/t16-,22+/m1/s1. The van der Waals surface area contributed by atoms with Gasteiger partial charge in [-0.1, -0.05) is 6.92 Å². The highest BCUT2D eigenvalue weighted by Crippen LogP contribution is 2.66. The quantitative estimate of drug-likeness (QED) is 0.644. The highest BCUT2D eigenvalue weighted by Gasteiger charge is 2.69. The van der Waals surface area contributed by atoms with Crippen LogP contribution in [0, 0.1) is 11.3 Å². The molecule has 2 atom stereocenters. The number of amides is 1. The fourth-order valence-electron chi connectivity index (χ4n) is 4.66. The van der Waals surface area contributed by atoms with Crippen molar-refractivity contribution in [2.24, 2.45) is 11.3 Å². The Balaban J connectivity index is 1.59. The van der Waals surface area contributed by atoms with Crippen molar-refractivity contribution in [1.29, 1.82) is 0 Å². The molecule has 0 aromatic rings. The van der Waals surface area contributed by atoms with Gasteiger partial charge in [0.05, 0.1) is 11.2 Å². The second-order valence-corrected chi connectivity index (χ2v) is 11.1. The Morgan fingerprint density at radius 1 is 1.07 bits per heavy atom. The summed E-state index contributed by atoms with van der Waals surface area (Å²) in [5.74, 6) is 0.467. The van der Waals surface area contributed by atoms with Crippen molar-refractivity contribution in [1.82, 2.24) is 4.90 Å². The second-order valence-electron chi connectivity index (χ2n) is 11.1. The minimum absolute atomic E-state index is 0.000982. The molecule has 2 aliphatic heterocycles. The first kappa shape index (κ1) is 22.6. The van der Waals surface area contributed by atoms with E-state index < -0.39 is 5.60 Å². The maximum absolute atomic E-state index is 13.5. The van der Waals surface area contributed by atoms with Crippen LogP contribution in [0.3, 0.4) is 0 Å². The van der Waals surface area contributed by atoms with Crippen LogP contribution < -0.4 is 0 Å². The number of ether oxygens (including phenoxy) is 1. The molecule has 6 nitrogen and oxygen atoms in total. The Bertz CT molecular complexity index is 647. The van der Waals surface area contributed by atoms with Crippen molar-refractivity contribution in [3.05, 3.63) is 0 Å². The number of rotatable bonds is 4. The molecule has 3 rings (SSSR count). The Morgan fingerprint density at radius 3 is 2.03 bits per heavy atom. The predicted molar refractivity (Wildman–Crippen MR) is 113 cm³/mol. The van der Waals surface area contributed by atoms with Crippen LogP contribution in [0.2, 0.25) is 5.82 Å². The largest absolute Gasteiger partial charge is 0.462 e. The minimum Gasteiger partial charge on any atom is -0.444 e. The molecule has 2 heterocycles. The van der Waals surface area contributed by atoms with E-state index >= 15 is 0 Å². The van der Waals surface area contributed by atoms with Crippen LogP contribution in [0.4, 0.5) is 4.79 Å². The topological polar surface area (TPSA) is 65.1 Å². The number of hydrogen-bond acceptors (Lipinski definition) is 5. The number of carbonyl (C=O) groups excluding carboxylic acids is 2. The van der Waals surface area contributed by atoms with E-state index in [1.54, 1.807) is 4.90 Å². The fourth-order valence-corrected chi connectivity index (χ4v) is 4.66. The highest BCUT2D eigenvalue weighted by molar-refractivity contribution is 6.50. The number of hydrogen-bond donors (Lipinski definition) is 0. The Hall–Kier alpha value is -1.08. The molecular formula is C22H38BNO5. The van der Waals surface area contributed by atoms with Gasteiger partial charge in [0.1, 0.15) is 11.4 Å². The Kier molecular flexibility index (Phi) is 5.66. The van der Waals surface area contributed by atoms with Crippen molar-refractivity contribution >= 4 is 19.0 Å². The van der Waals surface area contributed by atoms with Gasteiger partial charge < -0.3 is 18.9 Å². The average Bonchev–Trinajstić information content (AvgIpc) is 3.30. The first-order valence-electron chi connectivity index (χ1n) is 11.1. The van der Waals surface area contributed by atoms with E-state index in [9.17, 15) is 9.59 Å². The molecule has 1 amide bonds. The van der Waals surface area contributed by atoms with Gasteiger partial charge in [-0.2, -0.15) is 0 Å². The van der Waals surface area contributed by atoms with Gasteiger partial charge in [-0.15, -0.1) is 0 Å². The van der Waals surface area contributed by atoms with E-state index in [0.717, 1.165) is 12.8 Å². The summed E-state index contributed by atoms with van der Waals surface area (Å²) in [6.45, 7) is 17.1. The third kappa shape index (κ3) is 4.22. The van der Waals surface area contributed by atoms with Crippen molar-refractivity contribution in [3.63, 3.8) is 0 Å². The summed E-state index contributed by atoms with van der Waals surface area (Å²) in [6, 6.07) is 0. The molecule has 0 unspecified atom stereocenters. The molecule has 0 aromatic carbocycles. The van der Waals surface area contributed by atoms with Crippen LogP contribution in [0.1, 0.15) is 81.1 Å². The molecule has 1 aliphatic carbocycles. The van der Waals surface area contributed by atoms with E-state index in [1.165, 1.54) is 0 Å². The Morgan fingerprint density at radius 2 is 1.59 bits per heavy atom. The smallest absolute Gasteiger partial charge is 0.444 e. The number of piperidine rings is 1. The van der Waals surface area contributed by atoms with Gasteiger partial charge in [0.15, 0.2) is 0 Å². The van der Waals surface area contributed by atoms with Crippen molar-refractivity contribution in [3.8, 4) is 0 Å². The molecule has 3 fully saturated rings. The summed E-state index contributed by atoms with van der Waals surface area (Å²) in [7, 11) is -0.314. The zero-order chi connectivity index (χ0) is 21.8. The number of ketones is 1. The molecule has 0 N–H and O–H groups in total.